The second-order valence-corrected chi connectivity index (χ2v) is 6.16. The average molecular weight is 363 g/mol. The molecule has 0 bridgehead atoms. The van der Waals surface area contributed by atoms with Crippen molar-refractivity contribution < 1.29 is 23.6 Å². The Labute approximate surface area is 150 Å². The van der Waals surface area contributed by atoms with Crippen LogP contribution in [0.2, 0.25) is 0 Å². The number of carbonyl (C=O) groups is 1. The van der Waals surface area contributed by atoms with Gasteiger partial charge in [-0.3, -0.25) is 9.69 Å². The first-order chi connectivity index (χ1) is 12.6. The summed E-state index contributed by atoms with van der Waals surface area (Å²) in [5, 5.41) is 16.6. The zero-order valence-corrected chi connectivity index (χ0v) is 14.6. The van der Waals surface area contributed by atoms with Crippen molar-refractivity contribution in [2.75, 3.05) is 39.4 Å². The van der Waals surface area contributed by atoms with Crippen molar-refractivity contribution >= 4 is 5.91 Å². The topological polar surface area (TPSA) is 87.8 Å². The molecular weight excluding hydrogens is 341 g/mol. The van der Waals surface area contributed by atoms with Crippen molar-refractivity contribution in [3.05, 3.63) is 41.4 Å². The number of rotatable bonds is 6. The SMILES string of the molecule is C[C@H](O)c1onc(-c2ccc(F)cc2)c1C(=O)NCCN1CCOCC1. The van der Waals surface area contributed by atoms with E-state index in [9.17, 15) is 14.3 Å². The smallest absolute Gasteiger partial charge is 0.257 e. The summed E-state index contributed by atoms with van der Waals surface area (Å²) in [6.45, 7) is 5.72. The monoisotopic (exact) mass is 363 g/mol. The van der Waals surface area contributed by atoms with Gasteiger partial charge in [0.05, 0.1) is 13.2 Å². The highest BCUT2D eigenvalue weighted by Crippen LogP contribution is 2.29. The third-order valence-electron chi connectivity index (χ3n) is 4.26. The van der Waals surface area contributed by atoms with E-state index in [1.165, 1.54) is 31.2 Å². The molecule has 1 atom stereocenters. The minimum absolute atomic E-state index is 0.0909. The quantitative estimate of drug-likeness (QED) is 0.811. The van der Waals surface area contributed by atoms with Gasteiger partial charge in [0.15, 0.2) is 5.76 Å². The molecule has 2 N–H and O–H groups in total. The Balaban J connectivity index is 1.74. The molecule has 0 aliphatic carbocycles. The molecule has 1 amide bonds. The highest BCUT2D eigenvalue weighted by molar-refractivity contribution is 6.00. The molecule has 2 aromatic rings. The number of hydrogen-bond acceptors (Lipinski definition) is 6. The molecule has 1 saturated heterocycles. The minimum Gasteiger partial charge on any atom is -0.385 e. The number of carbonyl (C=O) groups excluding carboxylic acids is 1. The fourth-order valence-electron chi connectivity index (χ4n) is 2.85. The van der Waals surface area contributed by atoms with E-state index in [-0.39, 0.29) is 28.7 Å². The van der Waals surface area contributed by atoms with Crippen LogP contribution in [0.5, 0.6) is 0 Å². The van der Waals surface area contributed by atoms with Crippen LogP contribution < -0.4 is 5.32 Å². The lowest BCUT2D eigenvalue weighted by molar-refractivity contribution is 0.0383. The van der Waals surface area contributed by atoms with Gasteiger partial charge in [0.2, 0.25) is 0 Å². The van der Waals surface area contributed by atoms with E-state index >= 15 is 0 Å². The van der Waals surface area contributed by atoms with E-state index in [0.29, 0.717) is 31.9 Å². The van der Waals surface area contributed by atoms with Gasteiger partial charge in [-0.1, -0.05) is 5.16 Å². The predicted octanol–water partition coefficient (Wildman–Crippen LogP) is 1.60. The number of nitrogens with one attached hydrogen (secondary N) is 1. The molecule has 1 aliphatic rings. The summed E-state index contributed by atoms with van der Waals surface area (Å²) in [4.78, 5) is 14.9. The normalized spacial score (nSPS) is 16.4. The maximum atomic E-state index is 13.2. The summed E-state index contributed by atoms with van der Waals surface area (Å²) in [5.41, 5.74) is 0.999. The largest absolute Gasteiger partial charge is 0.385 e. The molecule has 1 aliphatic heterocycles. The summed E-state index contributed by atoms with van der Waals surface area (Å²) in [5.74, 6) is -0.674. The van der Waals surface area contributed by atoms with Crippen LogP contribution in [0.3, 0.4) is 0 Å². The third-order valence-corrected chi connectivity index (χ3v) is 4.26. The second kappa shape index (κ2) is 8.39. The van der Waals surface area contributed by atoms with Gasteiger partial charge in [0, 0.05) is 31.7 Å². The number of aliphatic hydroxyl groups excluding tert-OH is 1. The minimum atomic E-state index is -0.989. The lowest BCUT2D eigenvalue weighted by atomic mass is 10.0. The second-order valence-electron chi connectivity index (χ2n) is 6.16. The lowest BCUT2D eigenvalue weighted by Crippen LogP contribution is -2.41. The molecule has 1 aromatic heterocycles. The molecule has 0 unspecified atom stereocenters. The van der Waals surface area contributed by atoms with Crippen LogP contribution in [0, 0.1) is 5.82 Å². The van der Waals surface area contributed by atoms with Gasteiger partial charge in [-0.2, -0.15) is 0 Å². The molecule has 3 rings (SSSR count). The van der Waals surface area contributed by atoms with Gasteiger partial charge in [-0.25, -0.2) is 4.39 Å². The third kappa shape index (κ3) is 4.27. The zero-order chi connectivity index (χ0) is 18.5. The summed E-state index contributed by atoms with van der Waals surface area (Å²) in [6, 6.07) is 5.60. The van der Waals surface area contributed by atoms with Crippen molar-refractivity contribution in [2.45, 2.75) is 13.0 Å². The fourth-order valence-corrected chi connectivity index (χ4v) is 2.85. The lowest BCUT2D eigenvalue weighted by Gasteiger charge is -2.26. The Hall–Kier alpha value is -2.29. The maximum absolute atomic E-state index is 13.2. The Morgan fingerprint density at radius 3 is 2.69 bits per heavy atom. The van der Waals surface area contributed by atoms with Crippen molar-refractivity contribution in [1.29, 1.82) is 0 Å². The molecule has 7 nitrogen and oxygen atoms in total. The molecule has 0 radical (unpaired) electrons. The number of amides is 1. The van der Waals surface area contributed by atoms with Crippen molar-refractivity contribution in [1.82, 2.24) is 15.4 Å². The van der Waals surface area contributed by atoms with E-state index < -0.39 is 6.10 Å². The van der Waals surface area contributed by atoms with Crippen LogP contribution in [0.1, 0.15) is 29.1 Å². The molecule has 0 saturated carbocycles. The molecule has 140 valence electrons. The Bertz CT molecular complexity index is 739. The van der Waals surface area contributed by atoms with Gasteiger partial charge in [-0.05, 0) is 31.2 Å². The zero-order valence-electron chi connectivity index (χ0n) is 14.6. The fraction of sp³-hybridized carbons (Fsp3) is 0.444. The molecule has 1 fully saturated rings. The summed E-state index contributed by atoms with van der Waals surface area (Å²) in [7, 11) is 0. The standard InChI is InChI=1S/C18H22FN3O4/c1-12(23)17-15(16(21-26-17)13-2-4-14(19)5-3-13)18(24)20-6-7-22-8-10-25-11-9-22/h2-5,12,23H,6-11H2,1H3,(H,20,24)/t12-/m0/s1. The van der Waals surface area contributed by atoms with E-state index in [4.69, 9.17) is 9.26 Å². The van der Waals surface area contributed by atoms with Crippen molar-refractivity contribution in [2.24, 2.45) is 0 Å². The Morgan fingerprint density at radius 1 is 1.35 bits per heavy atom. The van der Waals surface area contributed by atoms with Crippen LogP contribution in [0.25, 0.3) is 11.3 Å². The number of benzene rings is 1. The number of aromatic nitrogens is 1. The van der Waals surface area contributed by atoms with Gasteiger partial charge < -0.3 is 19.7 Å². The molecule has 26 heavy (non-hydrogen) atoms. The maximum Gasteiger partial charge on any atom is 0.257 e. The number of hydrogen-bond donors (Lipinski definition) is 2. The molecule has 1 aromatic carbocycles. The van der Waals surface area contributed by atoms with Gasteiger partial charge >= 0.3 is 0 Å². The number of ether oxygens (including phenoxy) is 1. The predicted molar refractivity (Wildman–Crippen MR) is 92.1 cm³/mol. The van der Waals surface area contributed by atoms with Crippen LogP contribution in [0.4, 0.5) is 4.39 Å². The highest BCUT2D eigenvalue weighted by Gasteiger charge is 2.26. The molecular formula is C18H22FN3O4. The molecule has 0 spiro atoms. The average Bonchev–Trinajstić information content (AvgIpc) is 3.08. The number of aliphatic hydroxyl groups is 1. The first-order valence-corrected chi connectivity index (χ1v) is 8.58. The van der Waals surface area contributed by atoms with E-state index in [1.807, 2.05) is 0 Å². The van der Waals surface area contributed by atoms with E-state index in [2.05, 4.69) is 15.4 Å². The Kier molecular flexibility index (Phi) is 5.97. The van der Waals surface area contributed by atoms with Crippen molar-refractivity contribution in [3.8, 4) is 11.3 Å². The first-order valence-electron chi connectivity index (χ1n) is 8.58. The van der Waals surface area contributed by atoms with Crippen LogP contribution in [-0.4, -0.2) is 60.5 Å². The van der Waals surface area contributed by atoms with Crippen molar-refractivity contribution in [3.63, 3.8) is 0 Å². The van der Waals surface area contributed by atoms with E-state index in [0.717, 1.165) is 13.1 Å². The van der Waals surface area contributed by atoms with Crippen LogP contribution >= 0.6 is 0 Å². The highest BCUT2D eigenvalue weighted by atomic mass is 19.1. The number of morpholine rings is 1. The molecule has 2 heterocycles. The first kappa shape index (κ1) is 18.5. The van der Waals surface area contributed by atoms with Gasteiger partial charge in [0.25, 0.3) is 5.91 Å². The summed E-state index contributed by atoms with van der Waals surface area (Å²) in [6.07, 6.45) is -0.989. The van der Waals surface area contributed by atoms with Gasteiger partial charge in [-0.15, -0.1) is 0 Å². The number of nitrogens with zero attached hydrogens (tertiary/aromatic N) is 2. The Morgan fingerprint density at radius 2 is 2.04 bits per heavy atom. The molecule has 8 heteroatoms. The summed E-state index contributed by atoms with van der Waals surface area (Å²) < 4.78 is 23.6. The summed E-state index contributed by atoms with van der Waals surface area (Å²) >= 11 is 0. The van der Waals surface area contributed by atoms with E-state index in [1.54, 1.807) is 0 Å². The number of halogens is 1. The van der Waals surface area contributed by atoms with Crippen LogP contribution in [-0.2, 0) is 4.74 Å². The van der Waals surface area contributed by atoms with Crippen LogP contribution in [0.15, 0.2) is 28.8 Å². The van der Waals surface area contributed by atoms with Gasteiger partial charge in [0.1, 0.15) is 23.2 Å².